The molecule has 0 aliphatic rings. The summed E-state index contributed by atoms with van der Waals surface area (Å²) in [6.07, 6.45) is 0.0938. The molecule has 0 aromatic heterocycles. The molecule has 0 aliphatic carbocycles. The molecule has 0 amide bonds. The van der Waals surface area contributed by atoms with Crippen molar-refractivity contribution in [2.75, 3.05) is 13.7 Å². The molecule has 0 aromatic carbocycles. The molecule has 0 saturated heterocycles. The third kappa shape index (κ3) is 10.0. The van der Waals surface area contributed by atoms with Crippen LogP contribution < -0.4 is 0 Å². The Balaban J connectivity index is 0. The standard InChI is InChI=1S/C4H8O3.Sr.2H/c1-7-3-2-4(5)6;;;/h2-3H2,1H3,(H,5,6);;;. The first-order chi connectivity index (χ1) is 3.27. The van der Waals surface area contributed by atoms with Crippen LogP contribution in [0, 0.1) is 0 Å². The van der Waals surface area contributed by atoms with Gasteiger partial charge in [0.05, 0.1) is 13.0 Å². The summed E-state index contributed by atoms with van der Waals surface area (Å²) < 4.78 is 4.47. The van der Waals surface area contributed by atoms with Crippen LogP contribution in [-0.4, -0.2) is 70.3 Å². The van der Waals surface area contributed by atoms with E-state index in [1.807, 2.05) is 0 Å². The molecule has 46 valence electrons. The fourth-order valence-electron chi connectivity index (χ4n) is 0.189. The molecule has 0 aromatic rings. The van der Waals surface area contributed by atoms with Gasteiger partial charge in [0.25, 0.3) is 0 Å². The Kier molecular flexibility index (Phi) is 11.5. The molecule has 0 atom stereocenters. The Hall–Kier alpha value is 0.911. The van der Waals surface area contributed by atoms with Gasteiger partial charge < -0.3 is 9.84 Å². The SMILES string of the molecule is COCCC(=O)O.[SrH2]. The first-order valence-corrected chi connectivity index (χ1v) is 1.98. The van der Waals surface area contributed by atoms with Crippen molar-refractivity contribution in [2.45, 2.75) is 6.42 Å². The summed E-state index contributed by atoms with van der Waals surface area (Å²) in [5, 5.41) is 7.96. The molecule has 0 rings (SSSR count). The van der Waals surface area contributed by atoms with Crippen LogP contribution in [0.1, 0.15) is 6.42 Å². The number of carboxylic acid groups (broad SMARTS) is 1. The van der Waals surface area contributed by atoms with Crippen molar-refractivity contribution in [2.24, 2.45) is 0 Å². The van der Waals surface area contributed by atoms with Gasteiger partial charge in [0.2, 0.25) is 0 Å². The topological polar surface area (TPSA) is 46.5 Å². The van der Waals surface area contributed by atoms with Crippen molar-refractivity contribution in [1.29, 1.82) is 0 Å². The van der Waals surface area contributed by atoms with E-state index < -0.39 is 5.97 Å². The summed E-state index contributed by atoms with van der Waals surface area (Å²) in [5.74, 6) is -0.818. The molecule has 0 heterocycles. The number of carboxylic acids is 1. The minimum atomic E-state index is -0.818. The van der Waals surface area contributed by atoms with E-state index in [-0.39, 0.29) is 51.9 Å². The van der Waals surface area contributed by atoms with Crippen molar-refractivity contribution < 1.29 is 14.6 Å². The molecule has 1 N–H and O–H groups in total. The monoisotopic (exact) mass is 194 g/mol. The van der Waals surface area contributed by atoms with Crippen LogP contribution in [0.3, 0.4) is 0 Å². The first-order valence-electron chi connectivity index (χ1n) is 1.98. The van der Waals surface area contributed by atoms with Gasteiger partial charge in [-0.1, -0.05) is 0 Å². The van der Waals surface area contributed by atoms with Crippen molar-refractivity contribution in [3.8, 4) is 0 Å². The molecule has 0 fully saturated rings. The van der Waals surface area contributed by atoms with E-state index in [1.165, 1.54) is 7.11 Å². The molecule has 3 nitrogen and oxygen atoms in total. The van der Waals surface area contributed by atoms with Gasteiger partial charge in [0, 0.05) is 7.11 Å². The zero-order valence-corrected chi connectivity index (χ0v) is 4.18. The normalized spacial score (nSPS) is 7.62. The maximum atomic E-state index is 9.68. The van der Waals surface area contributed by atoms with E-state index in [2.05, 4.69) is 4.74 Å². The van der Waals surface area contributed by atoms with Gasteiger partial charge >= 0.3 is 51.5 Å². The quantitative estimate of drug-likeness (QED) is 0.597. The summed E-state index contributed by atoms with van der Waals surface area (Å²) in [4.78, 5) is 9.68. The second-order valence-corrected chi connectivity index (χ2v) is 1.14. The Morgan fingerprint density at radius 1 is 1.75 bits per heavy atom. The Labute approximate surface area is 85.3 Å². The number of rotatable bonds is 3. The molecule has 0 unspecified atom stereocenters. The van der Waals surface area contributed by atoms with Crippen LogP contribution in [-0.2, 0) is 9.53 Å². The zero-order chi connectivity index (χ0) is 5.70. The molecule has 4 heteroatoms. The predicted octanol–water partition coefficient (Wildman–Crippen LogP) is -0.809. The van der Waals surface area contributed by atoms with Crippen LogP contribution in [0.15, 0.2) is 0 Å². The molecule has 0 aliphatic heterocycles. The number of methoxy groups -OCH3 is 1. The third-order valence-electron chi connectivity index (χ3n) is 0.520. The van der Waals surface area contributed by atoms with Crippen molar-refractivity contribution in [3.05, 3.63) is 0 Å². The number of carbonyl (C=O) groups is 1. The zero-order valence-electron chi connectivity index (χ0n) is 4.18. The Morgan fingerprint density at radius 3 is 2.38 bits per heavy atom. The second-order valence-electron chi connectivity index (χ2n) is 1.14. The van der Waals surface area contributed by atoms with Gasteiger partial charge in [0.15, 0.2) is 0 Å². The van der Waals surface area contributed by atoms with Crippen molar-refractivity contribution >= 4 is 51.5 Å². The molecule has 0 bridgehead atoms. The number of aliphatic carboxylic acids is 1. The number of hydrogen-bond donors (Lipinski definition) is 1. The van der Waals surface area contributed by atoms with Gasteiger partial charge in [-0.05, 0) is 0 Å². The minimum absolute atomic E-state index is 0. The van der Waals surface area contributed by atoms with E-state index >= 15 is 0 Å². The van der Waals surface area contributed by atoms with E-state index in [0.717, 1.165) is 0 Å². The predicted molar refractivity (Wildman–Crippen MR) is 32.7 cm³/mol. The average molecular weight is 194 g/mol. The number of ether oxygens (including phenoxy) is 1. The summed E-state index contributed by atoms with van der Waals surface area (Å²) >= 11 is 0. The molecule has 8 heavy (non-hydrogen) atoms. The van der Waals surface area contributed by atoms with Gasteiger partial charge in [-0.2, -0.15) is 0 Å². The van der Waals surface area contributed by atoms with Gasteiger partial charge in [0.1, 0.15) is 0 Å². The summed E-state index contributed by atoms with van der Waals surface area (Å²) in [6.45, 7) is 0.301. The summed E-state index contributed by atoms with van der Waals surface area (Å²) in [7, 11) is 1.48. The van der Waals surface area contributed by atoms with E-state index in [1.54, 1.807) is 0 Å². The molecule has 0 radical (unpaired) electrons. The van der Waals surface area contributed by atoms with E-state index in [4.69, 9.17) is 5.11 Å². The van der Waals surface area contributed by atoms with Crippen LogP contribution in [0.5, 0.6) is 0 Å². The van der Waals surface area contributed by atoms with Crippen molar-refractivity contribution in [1.82, 2.24) is 0 Å². The van der Waals surface area contributed by atoms with Crippen LogP contribution in [0.2, 0.25) is 0 Å². The maximum absolute atomic E-state index is 9.68. The average Bonchev–Trinajstić information content (AvgIpc) is 1.61. The van der Waals surface area contributed by atoms with Crippen molar-refractivity contribution in [3.63, 3.8) is 0 Å². The van der Waals surface area contributed by atoms with E-state index in [9.17, 15) is 4.79 Å². The summed E-state index contributed by atoms with van der Waals surface area (Å²) in [5.41, 5.74) is 0. The summed E-state index contributed by atoms with van der Waals surface area (Å²) in [6, 6.07) is 0. The second kappa shape index (κ2) is 7.91. The molecular formula is C4H10O3Sr. The van der Waals surface area contributed by atoms with E-state index in [0.29, 0.717) is 6.61 Å². The fourth-order valence-corrected chi connectivity index (χ4v) is 0.189. The van der Waals surface area contributed by atoms with Crippen LogP contribution in [0.25, 0.3) is 0 Å². The van der Waals surface area contributed by atoms with Gasteiger partial charge in [-0.25, -0.2) is 0 Å². The molecular weight excluding hydrogens is 184 g/mol. The van der Waals surface area contributed by atoms with Gasteiger partial charge in [-0.3, -0.25) is 4.79 Å². The molecule has 0 saturated carbocycles. The fraction of sp³-hybridized carbons (Fsp3) is 0.750. The number of hydrogen-bond acceptors (Lipinski definition) is 2. The Morgan fingerprint density at radius 2 is 2.25 bits per heavy atom. The molecule has 0 spiro atoms. The third-order valence-corrected chi connectivity index (χ3v) is 0.520. The Bertz CT molecular complexity index is 64.3. The van der Waals surface area contributed by atoms with Gasteiger partial charge in [-0.15, -0.1) is 0 Å². The van der Waals surface area contributed by atoms with Crippen LogP contribution >= 0.6 is 0 Å². The first kappa shape index (κ1) is 11.7. The van der Waals surface area contributed by atoms with Crippen LogP contribution in [0.4, 0.5) is 0 Å².